The van der Waals surface area contributed by atoms with Crippen molar-refractivity contribution in [1.29, 1.82) is 0 Å². The summed E-state index contributed by atoms with van der Waals surface area (Å²) in [5.41, 5.74) is 2.29. The van der Waals surface area contributed by atoms with Crippen LogP contribution in [0, 0.1) is 13.8 Å². The molecule has 0 unspecified atom stereocenters. The highest BCUT2D eigenvalue weighted by Gasteiger charge is 2.31. The first kappa shape index (κ1) is 12.9. The Hall–Kier alpha value is -1.55. The number of ether oxygens (including phenoxy) is 2. The molecule has 4 heteroatoms. The Morgan fingerprint density at radius 1 is 1.39 bits per heavy atom. The van der Waals surface area contributed by atoms with Crippen molar-refractivity contribution in [3.05, 3.63) is 29.3 Å². The molecule has 2 atom stereocenters. The quantitative estimate of drug-likeness (QED) is 0.826. The van der Waals surface area contributed by atoms with Crippen molar-refractivity contribution in [2.45, 2.75) is 32.4 Å². The summed E-state index contributed by atoms with van der Waals surface area (Å²) in [5.74, 6) is 0.675. The first-order valence-corrected chi connectivity index (χ1v) is 6.15. The molecule has 2 rings (SSSR count). The molecule has 0 aromatic heterocycles. The summed E-state index contributed by atoms with van der Waals surface area (Å²) < 4.78 is 10.7. The molecule has 1 fully saturated rings. The normalized spacial score (nSPS) is 22.8. The fraction of sp³-hybridized carbons (Fsp3) is 0.500. The summed E-state index contributed by atoms with van der Waals surface area (Å²) in [6.45, 7) is 4.73. The first-order chi connectivity index (χ1) is 8.60. The van der Waals surface area contributed by atoms with Gasteiger partial charge in [0, 0.05) is 13.0 Å². The van der Waals surface area contributed by atoms with Gasteiger partial charge in [-0.1, -0.05) is 12.1 Å². The molecular formula is C14H19NO3. The van der Waals surface area contributed by atoms with Crippen LogP contribution in [0.5, 0.6) is 5.75 Å². The fourth-order valence-corrected chi connectivity index (χ4v) is 2.13. The van der Waals surface area contributed by atoms with Crippen LogP contribution < -0.4 is 10.1 Å². The number of carbonyl (C=O) groups excluding carboxylic acids is 1. The van der Waals surface area contributed by atoms with Gasteiger partial charge in [0.25, 0.3) is 0 Å². The van der Waals surface area contributed by atoms with Crippen LogP contribution in [0.25, 0.3) is 0 Å². The van der Waals surface area contributed by atoms with E-state index in [1.165, 1.54) is 12.7 Å². The van der Waals surface area contributed by atoms with Crippen molar-refractivity contribution in [3.63, 3.8) is 0 Å². The summed E-state index contributed by atoms with van der Waals surface area (Å²) in [6, 6.07) is 5.89. The molecule has 0 amide bonds. The summed E-state index contributed by atoms with van der Waals surface area (Å²) >= 11 is 0. The van der Waals surface area contributed by atoms with Gasteiger partial charge < -0.3 is 14.8 Å². The van der Waals surface area contributed by atoms with E-state index in [0.29, 0.717) is 13.0 Å². The molecule has 0 spiro atoms. The SMILES string of the molecule is COC(=O)[C@@H]1C[C@@H](Oc2cc(C)ccc2C)CN1. The maximum Gasteiger partial charge on any atom is 0.323 e. The van der Waals surface area contributed by atoms with Crippen LogP contribution in [0.1, 0.15) is 17.5 Å². The predicted molar refractivity (Wildman–Crippen MR) is 68.8 cm³/mol. The van der Waals surface area contributed by atoms with E-state index in [0.717, 1.165) is 11.3 Å². The van der Waals surface area contributed by atoms with E-state index < -0.39 is 0 Å². The highest BCUT2D eigenvalue weighted by molar-refractivity contribution is 5.76. The molecule has 1 aliphatic heterocycles. The van der Waals surface area contributed by atoms with Gasteiger partial charge in [-0.15, -0.1) is 0 Å². The zero-order chi connectivity index (χ0) is 13.1. The van der Waals surface area contributed by atoms with Gasteiger partial charge in [0.15, 0.2) is 0 Å². The third-order valence-corrected chi connectivity index (χ3v) is 3.21. The smallest absolute Gasteiger partial charge is 0.323 e. The van der Waals surface area contributed by atoms with Crippen LogP contribution in [0.3, 0.4) is 0 Å². The average molecular weight is 249 g/mol. The van der Waals surface area contributed by atoms with Gasteiger partial charge in [-0.2, -0.15) is 0 Å². The van der Waals surface area contributed by atoms with Crippen LogP contribution >= 0.6 is 0 Å². The van der Waals surface area contributed by atoms with Crippen molar-refractivity contribution >= 4 is 5.97 Å². The minimum Gasteiger partial charge on any atom is -0.489 e. The van der Waals surface area contributed by atoms with Crippen LogP contribution in [0.15, 0.2) is 18.2 Å². The predicted octanol–water partition coefficient (Wildman–Crippen LogP) is 1.59. The lowest BCUT2D eigenvalue weighted by molar-refractivity contribution is -0.142. The molecule has 0 saturated carbocycles. The second-order valence-electron chi connectivity index (χ2n) is 4.73. The lowest BCUT2D eigenvalue weighted by Gasteiger charge is -2.15. The van der Waals surface area contributed by atoms with E-state index in [1.807, 2.05) is 26.0 Å². The molecule has 1 aromatic carbocycles. The molecule has 18 heavy (non-hydrogen) atoms. The molecular weight excluding hydrogens is 230 g/mol. The maximum absolute atomic E-state index is 11.4. The number of esters is 1. The zero-order valence-electron chi connectivity index (χ0n) is 11.0. The number of hydrogen-bond acceptors (Lipinski definition) is 4. The highest BCUT2D eigenvalue weighted by atomic mass is 16.5. The van der Waals surface area contributed by atoms with Crippen molar-refractivity contribution in [2.75, 3.05) is 13.7 Å². The topological polar surface area (TPSA) is 47.6 Å². The largest absolute Gasteiger partial charge is 0.489 e. The van der Waals surface area contributed by atoms with Crippen LogP contribution in [0.2, 0.25) is 0 Å². The van der Waals surface area contributed by atoms with E-state index in [4.69, 9.17) is 9.47 Å². The van der Waals surface area contributed by atoms with Crippen molar-refractivity contribution in [2.24, 2.45) is 0 Å². The maximum atomic E-state index is 11.4. The van der Waals surface area contributed by atoms with Gasteiger partial charge in [-0.05, 0) is 31.0 Å². The number of aryl methyl sites for hydroxylation is 2. The summed E-state index contributed by atoms with van der Waals surface area (Å²) in [6.07, 6.45) is 0.676. The van der Waals surface area contributed by atoms with E-state index >= 15 is 0 Å². The van der Waals surface area contributed by atoms with Gasteiger partial charge in [-0.3, -0.25) is 4.79 Å². The number of benzene rings is 1. The van der Waals surface area contributed by atoms with Crippen LogP contribution in [-0.4, -0.2) is 31.8 Å². The van der Waals surface area contributed by atoms with Gasteiger partial charge in [0.05, 0.1) is 7.11 Å². The molecule has 1 aliphatic rings. The second-order valence-corrected chi connectivity index (χ2v) is 4.73. The van der Waals surface area contributed by atoms with E-state index in [-0.39, 0.29) is 18.1 Å². The highest BCUT2D eigenvalue weighted by Crippen LogP contribution is 2.23. The number of hydrogen-bond donors (Lipinski definition) is 1. The Kier molecular flexibility index (Phi) is 3.87. The molecule has 0 radical (unpaired) electrons. The molecule has 1 saturated heterocycles. The summed E-state index contributed by atoms with van der Waals surface area (Å²) in [7, 11) is 1.41. The van der Waals surface area contributed by atoms with Crippen molar-refractivity contribution in [1.82, 2.24) is 5.32 Å². The number of methoxy groups -OCH3 is 1. The van der Waals surface area contributed by atoms with Crippen LogP contribution in [0.4, 0.5) is 0 Å². The lowest BCUT2D eigenvalue weighted by atomic mass is 10.1. The monoisotopic (exact) mass is 249 g/mol. The number of rotatable bonds is 3. The second kappa shape index (κ2) is 5.40. The summed E-state index contributed by atoms with van der Waals surface area (Å²) in [5, 5.41) is 3.11. The Morgan fingerprint density at radius 3 is 2.89 bits per heavy atom. The molecule has 0 aliphatic carbocycles. The van der Waals surface area contributed by atoms with E-state index in [2.05, 4.69) is 11.4 Å². The van der Waals surface area contributed by atoms with Crippen molar-refractivity contribution < 1.29 is 14.3 Å². The Morgan fingerprint density at radius 2 is 2.17 bits per heavy atom. The van der Waals surface area contributed by atoms with Crippen LogP contribution in [-0.2, 0) is 9.53 Å². The van der Waals surface area contributed by atoms with E-state index in [1.54, 1.807) is 0 Å². The standard InChI is InChI=1S/C14H19NO3/c1-9-4-5-10(2)13(6-9)18-11-7-12(15-8-11)14(16)17-3/h4-6,11-12,15H,7-8H2,1-3H3/t11-,12+/m1/s1. The zero-order valence-corrected chi connectivity index (χ0v) is 11.0. The minimum absolute atomic E-state index is 0.0228. The van der Waals surface area contributed by atoms with Gasteiger partial charge >= 0.3 is 5.97 Å². The molecule has 4 nitrogen and oxygen atoms in total. The lowest BCUT2D eigenvalue weighted by Crippen LogP contribution is -2.31. The first-order valence-electron chi connectivity index (χ1n) is 6.15. The van der Waals surface area contributed by atoms with Crippen molar-refractivity contribution in [3.8, 4) is 5.75 Å². The Bertz CT molecular complexity index is 445. The number of nitrogens with one attached hydrogen (secondary N) is 1. The van der Waals surface area contributed by atoms with Gasteiger partial charge in [0.1, 0.15) is 17.9 Å². The molecule has 1 N–H and O–H groups in total. The third-order valence-electron chi connectivity index (χ3n) is 3.21. The van der Waals surface area contributed by atoms with E-state index in [9.17, 15) is 4.79 Å². The average Bonchev–Trinajstić information content (AvgIpc) is 2.81. The molecule has 1 aromatic rings. The third kappa shape index (κ3) is 2.82. The minimum atomic E-state index is -0.245. The molecule has 98 valence electrons. The summed E-state index contributed by atoms with van der Waals surface area (Å²) in [4.78, 5) is 11.4. The van der Waals surface area contributed by atoms with Gasteiger partial charge in [-0.25, -0.2) is 0 Å². The Labute approximate surface area is 107 Å². The fourth-order valence-electron chi connectivity index (χ4n) is 2.13. The molecule has 0 bridgehead atoms. The molecule has 1 heterocycles. The number of carbonyl (C=O) groups is 1. The van der Waals surface area contributed by atoms with Gasteiger partial charge in [0.2, 0.25) is 0 Å². The Balaban J connectivity index is 1.99.